The summed E-state index contributed by atoms with van der Waals surface area (Å²) in [6.07, 6.45) is 3.44. The lowest BCUT2D eigenvalue weighted by Gasteiger charge is -2.55. The van der Waals surface area contributed by atoms with E-state index in [1.807, 2.05) is 13.0 Å². The lowest BCUT2D eigenvalue weighted by Crippen LogP contribution is -2.52. The summed E-state index contributed by atoms with van der Waals surface area (Å²) < 4.78 is 9.03. The Kier molecular flexibility index (Phi) is 2.42. The molecule has 3 aliphatic rings. The van der Waals surface area contributed by atoms with Crippen molar-refractivity contribution in [3.8, 4) is 11.5 Å². The Labute approximate surface area is 153 Å². The van der Waals surface area contributed by atoms with Crippen LogP contribution in [0, 0.1) is 12.8 Å². The molecular weight excluding hydrogens is 322 g/mol. The molecule has 0 unspecified atom stereocenters. The molecule has 6 rings (SSSR count). The Morgan fingerprint density at radius 1 is 1.15 bits per heavy atom. The first-order valence-corrected chi connectivity index (χ1v) is 9.80. The molecule has 0 radical (unpaired) electrons. The average Bonchev–Trinajstić information content (AvgIpc) is 2.88. The van der Waals surface area contributed by atoms with Crippen molar-refractivity contribution in [3.05, 3.63) is 35.4 Å². The third-order valence-electron chi connectivity index (χ3n) is 7.58. The van der Waals surface area contributed by atoms with Crippen LogP contribution in [0.3, 0.4) is 0 Å². The molecule has 3 heteroatoms. The highest BCUT2D eigenvalue weighted by Gasteiger charge is 2.53. The number of benzene rings is 2. The zero-order valence-electron chi connectivity index (χ0n) is 15.9. The third-order valence-corrected chi connectivity index (χ3v) is 7.58. The van der Waals surface area contributed by atoms with E-state index in [1.54, 1.807) is 0 Å². The minimum atomic E-state index is -0.0129. The molecule has 2 aromatic carbocycles. The Balaban J connectivity index is 1.85. The van der Waals surface area contributed by atoms with Crippen molar-refractivity contribution < 1.29 is 9.84 Å². The van der Waals surface area contributed by atoms with Crippen LogP contribution < -0.4 is 4.74 Å². The zero-order valence-corrected chi connectivity index (χ0v) is 15.9. The molecule has 1 N–H and O–H groups in total. The zero-order chi connectivity index (χ0) is 18.0. The van der Waals surface area contributed by atoms with Gasteiger partial charge >= 0.3 is 0 Å². The molecule has 3 nitrogen and oxygen atoms in total. The number of aromatic nitrogens is 1. The lowest BCUT2D eigenvalue weighted by molar-refractivity contribution is -0.0257. The number of hydrogen-bond donors (Lipinski definition) is 1. The normalized spacial score (nSPS) is 30.8. The highest BCUT2D eigenvalue weighted by atomic mass is 16.5. The standard InChI is InChI=1S/C23H25NO2/c1-12-9-14-13-5-6-19-20-15-11-23(4,26-19)8-7-16(15)22(2,3)24(21(13)20)17(14)10-18(12)25/h5-6,9-10,15-16,25H,7-8,11H2,1-4H3/t15-,16-,23+/m0/s1. The summed E-state index contributed by atoms with van der Waals surface area (Å²) in [7, 11) is 0. The van der Waals surface area contributed by atoms with Gasteiger partial charge in [0.1, 0.15) is 17.1 Å². The number of nitrogens with zero attached hydrogens (tertiary/aromatic N) is 1. The Hall–Kier alpha value is -2.16. The maximum atomic E-state index is 10.4. The minimum absolute atomic E-state index is 0.0129. The molecule has 1 saturated carbocycles. The molecule has 2 bridgehead atoms. The molecule has 3 heterocycles. The monoisotopic (exact) mass is 347 g/mol. The number of hydrogen-bond acceptors (Lipinski definition) is 2. The quantitative estimate of drug-likeness (QED) is 0.575. The van der Waals surface area contributed by atoms with E-state index in [1.165, 1.54) is 28.3 Å². The Bertz CT molecular complexity index is 1120. The van der Waals surface area contributed by atoms with Crippen LogP contribution in [0.5, 0.6) is 11.5 Å². The third kappa shape index (κ3) is 1.53. The van der Waals surface area contributed by atoms with Crippen LogP contribution >= 0.6 is 0 Å². The van der Waals surface area contributed by atoms with Gasteiger partial charge in [0, 0.05) is 27.9 Å². The molecule has 0 saturated heterocycles. The van der Waals surface area contributed by atoms with Gasteiger partial charge in [-0.2, -0.15) is 0 Å². The van der Waals surface area contributed by atoms with Gasteiger partial charge < -0.3 is 14.4 Å². The highest BCUT2D eigenvalue weighted by molar-refractivity contribution is 6.11. The maximum absolute atomic E-state index is 10.4. The first-order valence-electron chi connectivity index (χ1n) is 9.80. The summed E-state index contributed by atoms with van der Waals surface area (Å²) in [5.41, 5.74) is 4.85. The number of ether oxygens (including phenoxy) is 1. The molecule has 1 fully saturated rings. The van der Waals surface area contributed by atoms with Crippen molar-refractivity contribution in [2.45, 2.75) is 64.0 Å². The molecule has 1 aliphatic carbocycles. The van der Waals surface area contributed by atoms with Gasteiger partial charge in [-0.25, -0.2) is 0 Å². The van der Waals surface area contributed by atoms with Crippen LogP contribution in [0.25, 0.3) is 21.8 Å². The summed E-state index contributed by atoms with van der Waals surface area (Å²) >= 11 is 0. The fourth-order valence-electron chi connectivity index (χ4n) is 6.34. The van der Waals surface area contributed by atoms with E-state index in [2.05, 4.69) is 43.5 Å². The largest absolute Gasteiger partial charge is 0.508 e. The number of phenols is 1. The van der Waals surface area contributed by atoms with Crippen molar-refractivity contribution in [1.29, 1.82) is 0 Å². The van der Waals surface area contributed by atoms with Crippen LogP contribution in [-0.4, -0.2) is 15.3 Å². The second kappa shape index (κ2) is 4.21. The predicted molar refractivity (Wildman–Crippen MR) is 104 cm³/mol. The minimum Gasteiger partial charge on any atom is -0.508 e. The molecule has 0 amide bonds. The van der Waals surface area contributed by atoms with Crippen LogP contribution in [0.1, 0.15) is 57.1 Å². The molecule has 1 aromatic heterocycles. The van der Waals surface area contributed by atoms with E-state index >= 15 is 0 Å². The van der Waals surface area contributed by atoms with E-state index < -0.39 is 0 Å². The van der Waals surface area contributed by atoms with Gasteiger partial charge in [-0.3, -0.25) is 0 Å². The van der Waals surface area contributed by atoms with Gasteiger partial charge in [0.05, 0.1) is 11.0 Å². The number of fused-ring (bicyclic) bond motifs is 4. The van der Waals surface area contributed by atoms with Gasteiger partial charge in [0.25, 0.3) is 0 Å². The molecule has 26 heavy (non-hydrogen) atoms. The Morgan fingerprint density at radius 2 is 1.96 bits per heavy atom. The number of aryl methyl sites for hydroxylation is 1. The van der Waals surface area contributed by atoms with Crippen LogP contribution in [-0.2, 0) is 5.54 Å². The van der Waals surface area contributed by atoms with Crippen molar-refractivity contribution in [2.24, 2.45) is 5.92 Å². The lowest BCUT2D eigenvalue weighted by atomic mass is 9.60. The Morgan fingerprint density at radius 3 is 2.77 bits per heavy atom. The summed E-state index contributed by atoms with van der Waals surface area (Å²) in [4.78, 5) is 0. The number of rotatable bonds is 0. The van der Waals surface area contributed by atoms with Crippen LogP contribution in [0.4, 0.5) is 0 Å². The molecule has 2 aliphatic heterocycles. The van der Waals surface area contributed by atoms with Gasteiger partial charge in [0.15, 0.2) is 0 Å². The number of aromatic hydroxyl groups is 1. The van der Waals surface area contributed by atoms with E-state index in [0.29, 0.717) is 17.6 Å². The SMILES string of the molecule is Cc1cc2c3ccc4c5c3n(c2cc1O)C(C)(C)[C@H]1CC[C@](C)(C[C@H]51)O4. The van der Waals surface area contributed by atoms with Gasteiger partial charge in [-0.1, -0.05) is 0 Å². The van der Waals surface area contributed by atoms with Crippen LogP contribution in [0.2, 0.25) is 0 Å². The summed E-state index contributed by atoms with van der Waals surface area (Å²) in [6.45, 7) is 9.05. The van der Waals surface area contributed by atoms with Crippen LogP contribution in [0.15, 0.2) is 24.3 Å². The summed E-state index contributed by atoms with van der Waals surface area (Å²) in [5.74, 6) is 2.65. The van der Waals surface area contributed by atoms with E-state index in [9.17, 15) is 5.11 Å². The molecule has 3 aromatic rings. The molecule has 3 atom stereocenters. The van der Waals surface area contributed by atoms with Crippen molar-refractivity contribution in [3.63, 3.8) is 0 Å². The van der Waals surface area contributed by atoms with E-state index in [0.717, 1.165) is 29.7 Å². The van der Waals surface area contributed by atoms with Gasteiger partial charge in [-0.15, -0.1) is 0 Å². The van der Waals surface area contributed by atoms with E-state index in [4.69, 9.17) is 4.74 Å². The number of phenolic OH excluding ortho intramolecular Hbond substituents is 1. The highest BCUT2D eigenvalue weighted by Crippen LogP contribution is 2.61. The fourth-order valence-corrected chi connectivity index (χ4v) is 6.34. The van der Waals surface area contributed by atoms with Gasteiger partial charge in [0.2, 0.25) is 0 Å². The summed E-state index contributed by atoms with van der Waals surface area (Å²) in [5, 5.41) is 13.0. The maximum Gasteiger partial charge on any atom is 0.125 e. The van der Waals surface area contributed by atoms with Gasteiger partial charge in [-0.05, 0) is 82.6 Å². The molecule has 134 valence electrons. The van der Waals surface area contributed by atoms with Crippen molar-refractivity contribution in [1.82, 2.24) is 4.57 Å². The summed E-state index contributed by atoms with van der Waals surface area (Å²) in [6, 6.07) is 8.53. The predicted octanol–water partition coefficient (Wildman–Crippen LogP) is 5.59. The second-order valence-electron chi connectivity index (χ2n) is 9.53. The van der Waals surface area contributed by atoms with E-state index in [-0.39, 0.29) is 11.1 Å². The molecular formula is C23H25NO2. The smallest absolute Gasteiger partial charge is 0.125 e. The van der Waals surface area contributed by atoms with Crippen molar-refractivity contribution >= 4 is 21.8 Å². The van der Waals surface area contributed by atoms with Crippen molar-refractivity contribution in [2.75, 3.05) is 0 Å². The molecule has 0 spiro atoms. The average molecular weight is 347 g/mol. The first kappa shape index (κ1) is 15.0. The fraction of sp³-hybridized carbons (Fsp3) is 0.478. The first-order chi connectivity index (χ1) is 12.3. The topological polar surface area (TPSA) is 34.4 Å². The second-order valence-corrected chi connectivity index (χ2v) is 9.53.